The first-order chi connectivity index (χ1) is 9.15. The van der Waals surface area contributed by atoms with Crippen molar-refractivity contribution in [3.63, 3.8) is 0 Å². The van der Waals surface area contributed by atoms with Gasteiger partial charge < -0.3 is 14.8 Å². The molecule has 0 unspecified atom stereocenters. The molecule has 0 spiro atoms. The summed E-state index contributed by atoms with van der Waals surface area (Å²) in [6.07, 6.45) is 0.184. The Morgan fingerprint density at radius 3 is 2.63 bits per heavy atom. The topological polar surface area (TPSA) is 67.9 Å². The van der Waals surface area contributed by atoms with Gasteiger partial charge in [0.25, 0.3) is 5.91 Å². The van der Waals surface area contributed by atoms with Crippen LogP contribution in [0.5, 0.6) is 11.5 Å². The molecule has 0 radical (unpaired) electrons. The van der Waals surface area contributed by atoms with E-state index in [0.29, 0.717) is 24.7 Å². The summed E-state index contributed by atoms with van der Waals surface area (Å²) >= 11 is 0. The molecule has 2 amide bonds. The van der Waals surface area contributed by atoms with Crippen molar-refractivity contribution in [3.8, 4) is 11.5 Å². The number of benzene rings is 1. The van der Waals surface area contributed by atoms with Crippen LogP contribution < -0.4 is 14.8 Å². The van der Waals surface area contributed by atoms with Gasteiger partial charge in [-0.2, -0.15) is 0 Å². The van der Waals surface area contributed by atoms with Gasteiger partial charge >= 0.3 is 0 Å². The van der Waals surface area contributed by atoms with Crippen LogP contribution >= 0.6 is 0 Å². The number of amides is 2. The number of imide groups is 1. The molecule has 100 valence electrons. The number of hydrogen-bond acceptors (Lipinski definition) is 5. The van der Waals surface area contributed by atoms with Crippen molar-refractivity contribution in [2.45, 2.75) is 12.5 Å². The van der Waals surface area contributed by atoms with Gasteiger partial charge in [-0.25, -0.2) is 0 Å². The third-order valence-corrected chi connectivity index (χ3v) is 3.26. The normalized spacial score (nSPS) is 21.7. The second kappa shape index (κ2) is 4.46. The second-order valence-corrected chi connectivity index (χ2v) is 4.55. The van der Waals surface area contributed by atoms with Crippen LogP contribution in [-0.2, 0) is 9.59 Å². The summed E-state index contributed by atoms with van der Waals surface area (Å²) in [6, 6.07) is 4.88. The maximum Gasteiger partial charge on any atom is 0.251 e. The highest BCUT2D eigenvalue weighted by Crippen LogP contribution is 2.33. The number of carbonyl (C=O) groups excluding carboxylic acids is 2. The standard InChI is InChI=1S/C13H14N2O4/c1-15-12(16)7-9(13(15)17)14-8-2-3-10-11(6-8)19-5-4-18-10/h2-3,6,9,14H,4-5,7H2,1H3/t9-/m0/s1. The zero-order valence-corrected chi connectivity index (χ0v) is 10.5. The lowest BCUT2D eigenvalue weighted by Crippen LogP contribution is -2.31. The lowest BCUT2D eigenvalue weighted by Gasteiger charge is -2.20. The Hall–Kier alpha value is -2.24. The van der Waals surface area contributed by atoms with Crippen molar-refractivity contribution in [2.75, 3.05) is 25.6 Å². The Balaban J connectivity index is 1.77. The van der Waals surface area contributed by atoms with Gasteiger partial charge in [0.1, 0.15) is 19.3 Å². The first-order valence-electron chi connectivity index (χ1n) is 6.12. The number of fused-ring (bicyclic) bond motifs is 1. The second-order valence-electron chi connectivity index (χ2n) is 4.55. The van der Waals surface area contributed by atoms with E-state index in [2.05, 4.69) is 5.32 Å². The van der Waals surface area contributed by atoms with Gasteiger partial charge in [0.15, 0.2) is 11.5 Å². The van der Waals surface area contributed by atoms with Crippen LogP contribution in [0.15, 0.2) is 18.2 Å². The SMILES string of the molecule is CN1C(=O)C[C@H](Nc2ccc3c(c2)OCCO3)C1=O. The molecule has 3 rings (SSSR count). The number of anilines is 1. The molecule has 0 aliphatic carbocycles. The van der Waals surface area contributed by atoms with E-state index in [1.54, 1.807) is 12.1 Å². The Bertz CT molecular complexity index is 543. The number of nitrogens with zero attached hydrogens (tertiary/aromatic N) is 1. The molecule has 2 aliphatic heterocycles. The summed E-state index contributed by atoms with van der Waals surface area (Å²) in [5.41, 5.74) is 0.741. The third-order valence-electron chi connectivity index (χ3n) is 3.26. The lowest BCUT2D eigenvalue weighted by molar-refractivity contribution is -0.136. The van der Waals surface area contributed by atoms with Crippen LogP contribution in [0, 0.1) is 0 Å². The molecule has 6 heteroatoms. The highest BCUT2D eigenvalue weighted by atomic mass is 16.6. The lowest BCUT2D eigenvalue weighted by atomic mass is 10.2. The van der Waals surface area contributed by atoms with Crippen LogP contribution in [-0.4, -0.2) is 43.0 Å². The third kappa shape index (κ3) is 2.09. The molecule has 19 heavy (non-hydrogen) atoms. The highest BCUT2D eigenvalue weighted by molar-refractivity contribution is 6.06. The molecule has 0 saturated carbocycles. The van der Waals surface area contributed by atoms with E-state index in [1.165, 1.54) is 7.05 Å². The Labute approximate surface area is 110 Å². The monoisotopic (exact) mass is 262 g/mol. The van der Waals surface area contributed by atoms with Crippen LogP contribution in [0.25, 0.3) is 0 Å². The van der Waals surface area contributed by atoms with E-state index in [-0.39, 0.29) is 18.2 Å². The first-order valence-corrected chi connectivity index (χ1v) is 6.12. The van der Waals surface area contributed by atoms with Gasteiger partial charge in [-0.15, -0.1) is 0 Å². The number of hydrogen-bond donors (Lipinski definition) is 1. The fourth-order valence-electron chi connectivity index (χ4n) is 2.20. The zero-order valence-electron chi connectivity index (χ0n) is 10.5. The molecular formula is C13H14N2O4. The molecule has 1 atom stereocenters. The summed E-state index contributed by atoms with van der Waals surface area (Å²) in [5, 5.41) is 3.05. The van der Waals surface area contributed by atoms with E-state index >= 15 is 0 Å². The van der Waals surface area contributed by atoms with Crippen LogP contribution in [0.3, 0.4) is 0 Å². The summed E-state index contributed by atoms with van der Waals surface area (Å²) in [5.74, 6) is 0.976. The van der Waals surface area contributed by atoms with Gasteiger partial charge in [0.05, 0.1) is 6.42 Å². The van der Waals surface area contributed by atoms with Crippen LogP contribution in [0.2, 0.25) is 0 Å². The van der Waals surface area contributed by atoms with Crippen molar-refractivity contribution < 1.29 is 19.1 Å². The molecule has 2 heterocycles. The molecule has 1 N–H and O–H groups in total. The number of likely N-dealkylation sites (N-methyl/N-ethyl adjacent to an activating group) is 1. The molecule has 0 bridgehead atoms. The van der Waals surface area contributed by atoms with Crippen molar-refractivity contribution in [1.29, 1.82) is 0 Å². The summed E-state index contributed by atoms with van der Waals surface area (Å²) in [4.78, 5) is 24.4. The number of rotatable bonds is 2. The molecule has 1 aromatic carbocycles. The number of carbonyl (C=O) groups is 2. The molecular weight excluding hydrogens is 248 g/mol. The fourth-order valence-corrected chi connectivity index (χ4v) is 2.20. The molecule has 1 fully saturated rings. The Morgan fingerprint density at radius 2 is 1.95 bits per heavy atom. The molecule has 1 saturated heterocycles. The summed E-state index contributed by atoms with van der Waals surface area (Å²) < 4.78 is 10.9. The number of nitrogens with one attached hydrogen (secondary N) is 1. The maximum atomic E-state index is 11.8. The van der Waals surface area contributed by atoms with Gasteiger partial charge in [0.2, 0.25) is 5.91 Å². The molecule has 0 aromatic heterocycles. The number of likely N-dealkylation sites (tertiary alicyclic amines) is 1. The summed E-state index contributed by atoms with van der Waals surface area (Å²) in [6.45, 7) is 1.06. The molecule has 2 aliphatic rings. The van der Waals surface area contributed by atoms with E-state index in [9.17, 15) is 9.59 Å². The first kappa shape index (κ1) is 11.8. The van der Waals surface area contributed by atoms with E-state index < -0.39 is 6.04 Å². The molecule has 6 nitrogen and oxygen atoms in total. The largest absolute Gasteiger partial charge is 0.486 e. The van der Waals surface area contributed by atoms with Crippen LogP contribution in [0.1, 0.15) is 6.42 Å². The highest BCUT2D eigenvalue weighted by Gasteiger charge is 2.36. The Morgan fingerprint density at radius 1 is 1.21 bits per heavy atom. The minimum Gasteiger partial charge on any atom is -0.486 e. The van der Waals surface area contributed by atoms with Gasteiger partial charge in [0, 0.05) is 18.8 Å². The summed E-state index contributed by atoms with van der Waals surface area (Å²) in [7, 11) is 1.50. The maximum absolute atomic E-state index is 11.8. The predicted octanol–water partition coefficient (Wildman–Crippen LogP) is 0.627. The van der Waals surface area contributed by atoms with E-state index in [0.717, 1.165) is 10.6 Å². The van der Waals surface area contributed by atoms with Gasteiger partial charge in [-0.3, -0.25) is 14.5 Å². The van der Waals surface area contributed by atoms with Crippen molar-refractivity contribution in [3.05, 3.63) is 18.2 Å². The van der Waals surface area contributed by atoms with Crippen LogP contribution in [0.4, 0.5) is 5.69 Å². The predicted molar refractivity (Wildman–Crippen MR) is 67.2 cm³/mol. The van der Waals surface area contributed by atoms with Gasteiger partial charge in [-0.05, 0) is 12.1 Å². The zero-order chi connectivity index (χ0) is 13.4. The van der Waals surface area contributed by atoms with Crippen molar-refractivity contribution in [1.82, 2.24) is 4.90 Å². The Kier molecular flexibility index (Phi) is 2.77. The van der Waals surface area contributed by atoms with Crippen molar-refractivity contribution in [2.24, 2.45) is 0 Å². The average molecular weight is 262 g/mol. The smallest absolute Gasteiger partial charge is 0.251 e. The molecule has 1 aromatic rings. The van der Waals surface area contributed by atoms with E-state index in [1.807, 2.05) is 6.07 Å². The van der Waals surface area contributed by atoms with Crippen molar-refractivity contribution >= 4 is 17.5 Å². The van der Waals surface area contributed by atoms with E-state index in [4.69, 9.17) is 9.47 Å². The minimum absolute atomic E-state index is 0.167. The number of ether oxygens (including phenoxy) is 2. The fraction of sp³-hybridized carbons (Fsp3) is 0.385. The quantitative estimate of drug-likeness (QED) is 0.792. The average Bonchev–Trinajstić information content (AvgIpc) is 2.66. The van der Waals surface area contributed by atoms with Gasteiger partial charge in [-0.1, -0.05) is 0 Å². The minimum atomic E-state index is -0.500.